The van der Waals surface area contributed by atoms with Gasteiger partial charge in [-0.1, -0.05) is 206 Å². The van der Waals surface area contributed by atoms with Crippen LogP contribution in [0.1, 0.15) is 5.56 Å². The maximum Gasteiger partial charge on any atom is 0.185 e. The van der Waals surface area contributed by atoms with Crippen LogP contribution < -0.4 is 25.5 Å². The van der Waals surface area contributed by atoms with E-state index in [1.807, 2.05) is 22.7 Å². The standard InChI is InChI=1S/C61H40O2S2Si/c1-39-19-8-9-24-42(39)43-25-10-12-34-52(43)62-53-35-16-32-50-51-33-18-38-56(61(51)65-60(50)53)66(40-20-4-2-5-21-40,41-22-6-3-7-23-41)55-37-17-29-46-45-27-14-28-47(57(45)63-58(46)55)49-31-15-30-48-44-26-11-13-36-54(44)64-59(48)49/h2-38H,1H3. The van der Waals surface area contributed by atoms with Gasteiger partial charge >= 0.3 is 0 Å². The molecule has 0 spiro atoms. The Morgan fingerprint density at radius 1 is 0.348 bits per heavy atom. The van der Waals surface area contributed by atoms with Gasteiger partial charge in [-0.25, -0.2) is 0 Å². The van der Waals surface area contributed by atoms with E-state index in [9.17, 15) is 0 Å². The van der Waals surface area contributed by atoms with Gasteiger partial charge in [0.1, 0.15) is 22.7 Å². The van der Waals surface area contributed by atoms with Gasteiger partial charge in [0.15, 0.2) is 8.07 Å². The molecular formula is C61H40O2S2Si. The highest BCUT2D eigenvalue weighted by atomic mass is 32.1. The minimum Gasteiger partial charge on any atom is -0.455 e. The van der Waals surface area contributed by atoms with Crippen molar-refractivity contribution in [2.75, 3.05) is 0 Å². The van der Waals surface area contributed by atoms with Crippen molar-refractivity contribution in [2.24, 2.45) is 0 Å². The molecule has 10 aromatic carbocycles. The average Bonchev–Trinajstić information content (AvgIpc) is 4.08. The van der Waals surface area contributed by atoms with E-state index in [4.69, 9.17) is 9.15 Å². The molecule has 0 saturated carbocycles. The lowest BCUT2D eigenvalue weighted by molar-refractivity contribution is 0.491. The molecule has 0 atom stereocenters. The number of aryl methyl sites for hydroxylation is 1. The van der Waals surface area contributed by atoms with E-state index in [1.165, 1.54) is 73.1 Å². The zero-order valence-electron chi connectivity index (χ0n) is 36.0. The van der Waals surface area contributed by atoms with E-state index >= 15 is 0 Å². The summed E-state index contributed by atoms with van der Waals surface area (Å²) >= 11 is 3.70. The minimum atomic E-state index is -3.19. The van der Waals surface area contributed by atoms with Gasteiger partial charge in [-0.3, -0.25) is 0 Å². The quantitative estimate of drug-likeness (QED) is 0.112. The Hall–Kier alpha value is -7.54. The summed E-state index contributed by atoms with van der Waals surface area (Å²) in [5.41, 5.74) is 7.64. The molecule has 0 radical (unpaired) electrons. The van der Waals surface area contributed by atoms with Gasteiger partial charge in [-0.2, -0.15) is 0 Å². The third-order valence-corrected chi connectivity index (χ3v) is 21.0. The summed E-state index contributed by atoms with van der Waals surface area (Å²) in [5.74, 6) is 1.70. The van der Waals surface area contributed by atoms with Crippen molar-refractivity contribution >= 4 is 114 Å². The first-order valence-corrected chi connectivity index (χ1v) is 26.0. The minimum absolute atomic E-state index is 0.841. The van der Waals surface area contributed by atoms with E-state index in [1.54, 1.807) is 0 Å². The average molecular weight is 897 g/mol. The highest BCUT2D eigenvalue weighted by molar-refractivity contribution is 7.31. The molecule has 0 fully saturated rings. The molecule has 0 bridgehead atoms. The fourth-order valence-corrected chi connectivity index (χ4v) is 18.5. The number of rotatable bonds is 8. The van der Waals surface area contributed by atoms with Gasteiger partial charge in [-0.15, -0.1) is 22.7 Å². The Morgan fingerprint density at radius 2 is 0.864 bits per heavy atom. The van der Waals surface area contributed by atoms with Crippen LogP contribution in [0.3, 0.4) is 0 Å². The van der Waals surface area contributed by atoms with Crippen LogP contribution in [0.15, 0.2) is 229 Å². The van der Waals surface area contributed by atoms with Gasteiger partial charge in [0, 0.05) is 63.1 Å². The molecular weight excluding hydrogens is 857 g/mol. The second kappa shape index (κ2) is 15.6. The number of para-hydroxylation sites is 3. The SMILES string of the molecule is Cc1ccccc1-c1ccccc1Oc1cccc2c1sc1c([Si](c3ccccc3)(c3ccccc3)c3cccc4c3oc3c(-c5cccc6c5sc5ccccc56)cccc34)cccc12. The third kappa shape index (κ3) is 5.91. The van der Waals surface area contributed by atoms with Crippen LogP contribution >= 0.6 is 22.7 Å². The zero-order valence-corrected chi connectivity index (χ0v) is 38.6. The van der Waals surface area contributed by atoms with E-state index in [0.717, 1.165) is 49.3 Å². The number of ether oxygens (including phenoxy) is 1. The van der Waals surface area contributed by atoms with Crippen LogP contribution in [-0.2, 0) is 0 Å². The van der Waals surface area contributed by atoms with Crippen molar-refractivity contribution in [1.29, 1.82) is 0 Å². The van der Waals surface area contributed by atoms with Crippen LogP contribution in [0.5, 0.6) is 11.5 Å². The number of hydrogen-bond acceptors (Lipinski definition) is 4. The fraction of sp³-hybridized carbons (Fsp3) is 0.0164. The number of thiophene rings is 2. The fourth-order valence-electron chi connectivity index (χ4n) is 10.5. The molecule has 5 heteroatoms. The Balaban J connectivity index is 1.08. The number of fused-ring (bicyclic) bond motifs is 9. The lowest BCUT2D eigenvalue weighted by Gasteiger charge is -2.34. The molecule has 0 saturated heterocycles. The van der Waals surface area contributed by atoms with Crippen LogP contribution in [-0.4, -0.2) is 8.07 Å². The highest BCUT2D eigenvalue weighted by Gasteiger charge is 2.45. The van der Waals surface area contributed by atoms with Crippen LogP contribution in [0, 0.1) is 6.92 Å². The van der Waals surface area contributed by atoms with Crippen molar-refractivity contribution in [3.8, 4) is 33.8 Å². The molecule has 13 rings (SSSR count). The Kier molecular flexibility index (Phi) is 9.17. The normalized spacial score (nSPS) is 12.0. The predicted molar refractivity (Wildman–Crippen MR) is 285 cm³/mol. The van der Waals surface area contributed by atoms with Crippen LogP contribution in [0.4, 0.5) is 0 Å². The monoisotopic (exact) mass is 896 g/mol. The lowest BCUT2D eigenvalue weighted by atomic mass is 10.00. The van der Waals surface area contributed by atoms with Gasteiger partial charge < -0.3 is 9.15 Å². The molecule has 13 aromatic rings. The molecule has 0 N–H and O–H groups in total. The van der Waals surface area contributed by atoms with Crippen molar-refractivity contribution in [1.82, 2.24) is 0 Å². The molecule has 66 heavy (non-hydrogen) atoms. The Bertz CT molecular complexity index is 3950. The van der Waals surface area contributed by atoms with Gasteiger partial charge in [0.2, 0.25) is 0 Å². The second-order valence-electron chi connectivity index (χ2n) is 17.1. The first-order valence-electron chi connectivity index (χ1n) is 22.4. The maximum absolute atomic E-state index is 7.50. The van der Waals surface area contributed by atoms with Gasteiger partial charge in [-0.05, 0) is 57.0 Å². The number of hydrogen-bond donors (Lipinski definition) is 0. The van der Waals surface area contributed by atoms with Crippen molar-refractivity contribution in [2.45, 2.75) is 6.92 Å². The smallest absolute Gasteiger partial charge is 0.185 e. The molecule has 0 unspecified atom stereocenters. The predicted octanol–water partition coefficient (Wildman–Crippen LogP) is 15.1. The molecule has 312 valence electrons. The summed E-state index contributed by atoms with van der Waals surface area (Å²) in [6.45, 7) is 2.16. The first kappa shape index (κ1) is 38.9. The Labute approximate surface area is 391 Å². The first-order chi connectivity index (χ1) is 32.7. The second-order valence-corrected chi connectivity index (χ2v) is 22.9. The maximum atomic E-state index is 7.50. The highest BCUT2D eigenvalue weighted by Crippen LogP contribution is 2.45. The van der Waals surface area contributed by atoms with E-state index in [2.05, 4.69) is 231 Å². The Morgan fingerprint density at radius 3 is 1.62 bits per heavy atom. The molecule has 0 aliphatic carbocycles. The van der Waals surface area contributed by atoms with Crippen molar-refractivity contribution in [3.05, 3.63) is 230 Å². The molecule has 0 aliphatic heterocycles. The van der Waals surface area contributed by atoms with Crippen molar-refractivity contribution in [3.63, 3.8) is 0 Å². The lowest BCUT2D eigenvalue weighted by Crippen LogP contribution is -2.74. The summed E-state index contributed by atoms with van der Waals surface area (Å²) in [6.07, 6.45) is 0. The molecule has 0 aliphatic rings. The van der Waals surface area contributed by atoms with Gasteiger partial charge in [0.05, 0.1) is 4.70 Å². The summed E-state index contributed by atoms with van der Waals surface area (Å²) in [5, 5.41) is 12.4. The van der Waals surface area contributed by atoms with Gasteiger partial charge in [0.25, 0.3) is 0 Å². The summed E-state index contributed by atoms with van der Waals surface area (Å²) in [4.78, 5) is 0. The molecule has 3 heterocycles. The molecule has 2 nitrogen and oxygen atoms in total. The number of furan rings is 1. The van der Waals surface area contributed by atoms with Crippen LogP contribution in [0.25, 0.3) is 84.5 Å². The molecule has 3 aromatic heterocycles. The zero-order chi connectivity index (χ0) is 43.8. The summed E-state index contributed by atoms with van der Waals surface area (Å²) in [6, 6.07) is 81.8. The largest absolute Gasteiger partial charge is 0.455 e. The summed E-state index contributed by atoms with van der Waals surface area (Å²) < 4.78 is 19.5. The summed E-state index contributed by atoms with van der Waals surface area (Å²) in [7, 11) is -3.19. The number of benzene rings is 10. The molecule has 0 amide bonds. The third-order valence-electron chi connectivity index (χ3n) is 13.5. The van der Waals surface area contributed by atoms with Crippen LogP contribution in [0.2, 0.25) is 0 Å². The van der Waals surface area contributed by atoms with E-state index < -0.39 is 8.07 Å². The van der Waals surface area contributed by atoms with Crippen molar-refractivity contribution < 1.29 is 9.15 Å². The van der Waals surface area contributed by atoms with E-state index in [-0.39, 0.29) is 0 Å². The topological polar surface area (TPSA) is 22.4 Å². The van der Waals surface area contributed by atoms with E-state index in [0.29, 0.717) is 0 Å².